The van der Waals surface area contributed by atoms with E-state index in [0.717, 1.165) is 16.9 Å². The summed E-state index contributed by atoms with van der Waals surface area (Å²) in [6.45, 7) is 2.11. The second-order valence-electron chi connectivity index (χ2n) is 5.41. The number of thiazole rings is 1. The van der Waals surface area contributed by atoms with Crippen LogP contribution in [-0.4, -0.2) is 21.6 Å². The normalized spacial score (nSPS) is 13.0. The number of carboxylic acid groups (broad SMARTS) is 1. The molecule has 1 aliphatic rings. The minimum Gasteiger partial charge on any atom is -0.550 e. The van der Waals surface area contributed by atoms with E-state index in [-0.39, 0.29) is 25.3 Å². The van der Waals surface area contributed by atoms with Gasteiger partial charge in [0.1, 0.15) is 4.88 Å². The van der Waals surface area contributed by atoms with Crippen molar-refractivity contribution in [1.29, 1.82) is 0 Å². The van der Waals surface area contributed by atoms with E-state index in [4.69, 9.17) is 12.2 Å². The Bertz CT molecular complexity index is 1030. The Labute approximate surface area is 146 Å². The highest BCUT2D eigenvalue weighted by molar-refractivity contribution is 7.73. The summed E-state index contributed by atoms with van der Waals surface area (Å²) in [4.78, 5) is 27.3. The zero-order chi connectivity index (χ0) is 17.4. The molecule has 1 amide bonds. The molecule has 1 aromatic heterocycles. The van der Waals surface area contributed by atoms with Crippen LogP contribution in [0.5, 0.6) is 5.88 Å². The predicted molar refractivity (Wildman–Crippen MR) is 88.5 cm³/mol. The van der Waals surface area contributed by atoms with Gasteiger partial charge in [0.25, 0.3) is 5.91 Å². The van der Waals surface area contributed by atoms with Crippen LogP contribution >= 0.6 is 23.6 Å². The lowest BCUT2D eigenvalue weighted by Gasteiger charge is -2.06. The van der Waals surface area contributed by atoms with Gasteiger partial charge in [-0.05, 0) is 37.5 Å². The summed E-state index contributed by atoms with van der Waals surface area (Å²) in [5.41, 5.74) is 1.22. The van der Waals surface area contributed by atoms with E-state index < -0.39 is 11.9 Å². The Hall–Kier alpha value is -2.32. The maximum absolute atomic E-state index is 12.3. The van der Waals surface area contributed by atoms with Crippen molar-refractivity contribution in [1.82, 2.24) is 4.57 Å². The number of carboxylic acids is 1. The number of nitrogens with zero attached hydrogens (tertiary/aromatic N) is 2. The number of carbonyl (C=O) groups is 2. The lowest BCUT2D eigenvalue weighted by molar-refractivity contribution is -0.305. The van der Waals surface area contributed by atoms with Crippen LogP contribution in [-0.2, 0) is 16.1 Å². The van der Waals surface area contributed by atoms with Crippen molar-refractivity contribution in [2.45, 2.75) is 26.3 Å². The molecule has 24 heavy (non-hydrogen) atoms. The Balaban J connectivity index is 2.10. The average Bonchev–Trinajstić information content (AvgIpc) is 2.98. The third-order valence-corrected chi connectivity index (χ3v) is 5.25. The van der Waals surface area contributed by atoms with Crippen LogP contribution in [0.3, 0.4) is 0 Å². The first-order valence-corrected chi connectivity index (χ1v) is 8.48. The highest BCUT2D eigenvalue weighted by atomic mass is 32.1. The summed E-state index contributed by atoms with van der Waals surface area (Å²) in [5, 5.41) is 22.3. The molecule has 0 saturated carbocycles. The molecule has 0 unspecified atom stereocenters. The third kappa shape index (κ3) is 2.78. The molecule has 124 valence electrons. The number of aliphatic carboxylic acids is 1. The van der Waals surface area contributed by atoms with Gasteiger partial charge in [0, 0.05) is 17.7 Å². The Morgan fingerprint density at radius 1 is 1.46 bits per heavy atom. The number of fused-ring (bicyclic) bond motifs is 1. The number of aromatic hydroxyl groups is 1. The number of carbonyl (C=O) groups excluding carboxylic acids is 2. The minimum absolute atomic E-state index is 0.126. The fourth-order valence-corrected chi connectivity index (χ4v) is 4.03. The zero-order valence-electron chi connectivity index (χ0n) is 12.7. The topological polar surface area (TPSA) is 94.7 Å². The van der Waals surface area contributed by atoms with Gasteiger partial charge in [-0.15, -0.1) is 11.3 Å². The smallest absolute Gasteiger partial charge is 0.279 e. The number of hydrogen-bond donors (Lipinski definition) is 1. The van der Waals surface area contributed by atoms with Crippen LogP contribution < -0.4 is 15.7 Å². The van der Waals surface area contributed by atoms with E-state index in [2.05, 4.69) is 4.99 Å². The summed E-state index contributed by atoms with van der Waals surface area (Å²) < 4.78 is 1.81. The van der Waals surface area contributed by atoms with Gasteiger partial charge in [-0.3, -0.25) is 9.36 Å². The summed E-state index contributed by atoms with van der Waals surface area (Å²) in [7, 11) is 0. The number of amides is 1. The zero-order valence-corrected chi connectivity index (χ0v) is 14.4. The summed E-state index contributed by atoms with van der Waals surface area (Å²) in [6.07, 6.45) is 0.156. The van der Waals surface area contributed by atoms with Crippen molar-refractivity contribution in [2.75, 3.05) is 0 Å². The molecule has 0 aliphatic carbocycles. The number of benzene rings is 1. The van der Waals surface area contributed by atoms with E-state index in [9.17, 15) is 19.8 Å². The number of rotatable bonds is 5. The van der Waals surface area contributed by atoms with Gasteiger partial charge in [-0.2, -0.15) is 0 Å². The number of aryl methyl sites for hydroxylation is 1. The fourth-order valence-electron chi connectivity index (χ4n) is 2.64. The molecule has 2 heterocycles. The molecule has 3 rings (SSSR count). The maximum Gasteiger partial charge on any atom is 0.279 e. The van der Waals surface area contributed by atoms with Gasteiger partial charge in [0.05, 0.1) is 10.9 Å². The minimum atomic E-state index is -1.15. The van der Waals surface area contributed by atoms with Crippen LogP contribution in [0.1, 0.15) is 23.3 Å². The molecule has 8 heteroatoms. The number of para-hydroxylation sites is 1. The standard InChI is InChI=1S/C16H14N2O4S2/c1-8-4-2-5-9-11(14(21)17-12(8)9)13-15(22)18(16(23)24-13)7-3-6-10(19)20/h2,4-5,22H,3,6-7H2,1H3,(H,19,20)/p-1. The van der Waals surface area contributed by atoms with E-state index in [1.54, 1.807) is 6.07 Å². The van der Waals surface area contributed by atoms with E-state index in [1.165, 1.54) is 4.57 Å². The van der Waals surface area contributed by atoms with Crippen LogP contribution in [0.15, 0.2) is 23.2 Å². The third-order valence-electron chi connectivity index (χ3n) is 3.79. The van der Waals surface area contributed by atoms with Crippen molar-refractivity contribution in [3.05, 3.63) is 43.2 Å². The Morgan fingerprint density at radius 3 is 2.92 bits per heavy atom. The lowest BCUT2D eigenvalue weighted by Crippen LogP contribution is -2.25. The maximum atomic E-state index is 12.3. The second kappa shape index (κ2) is 6.29. The first-order chi connectivity index (χ1) is 11.4. The first kappa shape index (κ1) is 16.5. The van der Waals surface area contributed by atoms with Gasteiger partial charge in [0.2, 0.25) is 5.88 Å². The molecule has 2 aromatic rings. The molecular formula is C16H13N2O4S2-. The van der Waals surface area contributed by atoms with Crippen LogP contribution in [0, 0.1) is 10.9 Å². The fraction of sp³-hybridized carbons (Fsp3) is 0.250. The molecule has 0 spiro atoms. The molecular weight excluding hydrogens is 348 g/mol. The summed E-state index contributed by atoms with van der Waals surface area (Å²) in [6, 6.07) is 5.48. The quantitative estimate of drug-likeness (QED) is 0.767. The summed E-state index contributed by atoms with van der Waals surface area (Å²) >= 11 is 6.36. The molecule has 0 saturated heterocycles. The highest BCUT2D eigenvalue weighted by Gasteiger charge is 2.25. The van der Waals surface area contributed by atoms with E-state index in [1.807, 2.05) is 19.1 Å². The number of aromatic nitrogens is 1. The Kier molecular flexibility index (Phi) is 4.33. The van der Waals surface area contributed by atoms with Crippen molar-refractivity contribution in [2.24, 2.45) is 4.99 Å². The SMILES string of the molecule is Cc1cccc2c1=NC(=O)C=2c1sc(=S)n(CCCC(=O)[O-])c1O. The van der Waals surface area contributed by atoms with Gasteiger partial charge < -0.3 is 15.0 Å². The average molecular weight is 361 g/mol. The van der Waals surface area contributed by atoms with Crippen molar-refractivity contribution in [3.8, 4) is 5.88 Å². The number of hydrogen-bond acceptors (Lipinski definition) is 6. The van der Waals surface area contributed by atoms with Crippen molar-refractivity contribution in [3.63, 3.8) is 0 Å². The van der Waals surface area contributed by atoms with Crippen molar-refractivity contribution < 1.29 is 19.8 Å². The first-order valence-electron chi connectivity index (χ1n) is 7.26. The van der Waals surface area contributed by atoms with Gasteiger partial charge >= 0.3 is 0 Å². The monoisotopic (exact) mass is 361 g/mol. The van der Waals surface area contributed by atoms with E-state index >= 15 is 0 Å². The molecule has 0 atom stereocenters. The van der Waals surface area contributed by atoms with Crippen molar-refractivity contribution >= 4 is 41.0 Å². The largest absolute Gasteiger partial charge is 0.550 e. The van der Waals surface area contributed by atoms with Gasteiger partial charge in [-0.25, -0.2) is 4.99 Å². The molecule has 0 fully saturated rings. The molecule has 6 nitrogen and oxygen atoms in total. The predicted octanol–water partition coefficient (Wildman–Crippen LogP) is 0.182. The van der Waals surface area contributed by atoms with Gasteiger partial charge in [-0.1, -0.05) is 18.2 Å². The van der Waals surface area contributed by atoms with Crippen LogP contribution in [0.2, 0.25) is 0 Å². The molecule has 1 aromatic carbocycles. The molecule has 1 aliphatic heterocycles. The lowest BCUT2D eigenvalue weighted by atomic mass is 10.1. The molecule has 0 bridgehead atoms. The summed E-state index contributed by atoms with van der Waals surface area (Å²) in [5.74, 6) is -1.69. The highest BCUT2D eigenvalue weighted by Crippen LogP contribution is 2.32. The van der Waals surface area contributed by atoms with Crippen LogP contribution in [0.25, 0.3) is 5.57 Å². The molecule has 0 radical (unpaired) electrons. The van der Waals surface area contributed by atoms with E-state index in [0.29, 0.717) is 25.0 Å². The Morgan fingerprint density at radius 2 is 2.21 bits per heavy atom. The van der Waals surface area contributed by atoms with Gasteiger partial charge in [0.15, 0.2) is 3.95 Å². The second-order valence-corrected chi connectivity index (χ2v) is 7.06. The van der Waals surface area contributed by atoms with Crippen LogP contribution in [0.4, 0.5) is 0 Å². The molecule has 1 N–H and O–H groups in total.